The van der Waals surface area contributed by atoms with Gasteiger partial charge in [0.1, 0.15) is 0 Å². The number of aliphatic imine (C=N–C) groups is 1. The fraction of sp³-hybridized carbons (Fsp3) is 0.583. The van der Waals surface area contributed by atoms with E-state index in [0.29, 0.717) is 0 Å². The van der Waals surface area contributed by atoms with Crippen LogP contribution in [0.3, 0.4) is 0 Å². The topological polar surface area (TPSA) is 41.4 Å². The Morgan fingerprint density at radius 1 is 1.44 bits per heavy atom. The molecule has 0 unspecified atom stereocenters. The number of aryl methyl sites for hydroxylation is 1. The molecule has 1 aromatic rings. The molecule has 0 aromatic carbocycles. The average Bonchev–Trinajstić information content (AvgIpc) is 2.69. The van der Waals surface area contributed by atoms with Crippen LogP contribution in [0.5, 0.6) is 0 Å². The second-order valence-electron chi connectivity index (χ2n) is 3.89. The zero-order valence-corrected chi connectivity index (χ0v) is 10.5. The standard InChI is InChI=1S/C12H22N4/c1-4-5-7-14-12(13-2)15-9-11-6-8-16(3)10-11/h6,8,10H,4-5,7,9H2,1-3H3,(H2,13,14,15). The monoisotopic (exact) mass is 222 g/mol. The van der Waals surface area contributed by atoms with Gasteiger partial charge >= 0.3 is 0 Å². The van der Waals surface area contributed by atoms with Gasteiger partial charge < -0.3 is 15.2 Å². The van der Waals surface area contributed by atoms with E-state index >= 15 is 0 Å². The maximum atomic E-state index is 4.17. The van der Waals surface area contributed by atoms with Crippen LogP contribution in [0.2, 0.25) is 0 Å². The summed E-state index contributed by atoms with van der Waals surface area (Å²) in [5, 5.41) is 6.56. The summed E-state index contributed by atoms with van der Waals surface area (Å²) in [4.78, 5) is 4.17. The Bertz CT molecular complexity index is 328. The first-order valence-electron chi connectivity index (χ1n) is 5.81. The van der Waals surface area contributed by atoms with Gasteiger partial charge in [0.25, 0.3) is 0 Å². The molecular formula is C12H22N4. The number of unbranched alkanes of at least 4 members (excludes halogenated alkanes) is 1. The number of hydrogen-bond acceptors (Lipinski definition) is 1. The van der Waals surface area contributed by atoms with Crippen molar-refractivity contribution in [2.45, 2.75) is 26.3 Å². The Hall–Kier alpha value is -1.45. The van der Waals surface area contributed by atoms with Gasteiger partial charge in [-0.15, -0.1) is 0 Å². The van der Waals surface area contributed by atoms with Gasteiger partial charge in [-0.1, -0.05) is 13.3 Å². The fourth-order valence-corrected chi connectivity index (χ4v) is 1.46. The van der Waals surface area contributed by atoms with Crippen LogP contribution in [0.4, 0.5) is 0 Å². The van der Waals surface area contributed by atoms with E-state index < -0.39 is 0 Å². The van der Waals surface area contributed by atoms with Crippen molar-refractivity contribution in [3.63, 3.8) is 0 Å². The molecule has 90 valence electrons. The summed E-state index contributed by atoms with van der Waals surface area (Å²) in [6.45, 7) is 3.97. The van der Waals surface area contributed by atoms with Gasteiger partial charge in [-0.3, -0.25) is 4.99 Å². The third-order valence-corrected chi connectivity index (χ3v) is 2.40. The summed E-state index contributed by atoms with van der Waals surface area (Å²) < 4.78 is 2.05. The van der Waals surface area contributed by atoms with Crippen LogP contribution < -0.4 is 10.6 Å². The van der Waals surface area contributed by atoms with E-state index in [-0.39, 0.29) is 0 Å². The number of hydrogen-bond donors (Lipinski definition) is 2. The normalized spacial score (nSPS) is 11.6. The van der Waals surface area contributed by atoms with Gasteiger partial charge in [-0.2, -0.15) is 0 Å². The predicted molar refractivity (Wildman–Crippen MR) is 68.5 cm³/mol. The summed E-state index contributed by atoms with van der Waals surface area (Å²) in [5.74, 6) is 0.873. The summed E-state index contributed by atoms with van der Waals surface area (Å²) in [6.07, 6.45) is 6.52. The average molecular weight is 222 g/mol. The van der Waals surface area contributed by atoms with E-state index in [1.165, 1.54) is 18.4 Å². The summed E-state index contributed by atoms with van der Waals surface area (Å²) in [5.41, 5.74) is 1.26. The molecule has 0 amide bonds. The van der Waals surface area contributed by atoms with Gasteiger partial charge in [0.05, 0.1) is 0 Å². The van der Waals surface area contributed by atoms with Gasteiger partial charge in [0, 0.05) is 39.6 Å². The highest BCUT2D eigenvalue weighted by molar-refractivity contribution is 5.79. The second kappa shape index (κ2) is 6.93. The molecule has 0 spiro atoms. The summed E-state index contributed by atoms with van der Waals surface area (Å²) in [6, 6.07) is 2.10. The van der Waals surface area contributed by atoms with Crippen LogP contribution in [0, 0.1) is 0 Å². The maximum Gasteiger partial charge on any atom is 0.191 e. The quantitative estimate of drug-likeness (QED) is 0.450. The zero-order chi connectivity index (χ0) is 11.8. The molecule has 0 saturated carbocycles. The van der Waals surface area contributed by atoms with Gasteiger partial charge in [-0.05, 0) is 18.1 Å². The van der Waals surface area contributed by atoms with Crippen molar-refractivity contribution in [3.8, 4) is 0 Å². The molecule has 0 atom stereocenters. The largest absolute Gasteiger partial charge is 0.357 e. The SMILES string of the molecule is CCCCNC(=NC)NCc1ccn(C)c1. The smallest absolute Gasteiger partial charge is 0.191 e. The molecule has 1 aromatic heterocycles. The second-order valence-corrected chi connectivity index (χ2v) is 3.89. The van der Waals surface area contributed by atoms with Crippen molar-refractivity contribution in [2.24, 2.45) is 12.0 Å². The first-order valence-corrected chi connectivity index (χ1v) is 5.81. The van der Waals surface area contributed by atoms with Crippen molar-refractivity contribution in [2.75, 3.05) is 13.6 Å². The molecular weight excluding hydrogens is 200 g/mol. The molecule has 0 saturated heterocycles. The zero-order valence-electron chi connectivity index (χ0n) is 10.5. The molecule has 16 heavy (non-hydrogen) atoms. The van der Waals surface area contributed by atoms with E-state index in [4.69, 9.17) is 0 Å². The first kappa shape index (κ1) is 12.6. The van der Waals surface area contributed by atoms with E-state index in [2.05, 4.69) is 34.8 Å². The maximum absolute atomic E-state index is 4.17. The number of aromatic nitrogens is 1. The minimum atomic E-state index is 0.812. The Labute approximate surface area is 97.8 Å². The highest BCUT2D eigenvalue weighted by atomic mass is 15.2. The van der Waals surface area contributed by atoms with Crippen LogP contribution in [0.15, 0.2) is 23.5 Å². The first-order chi connectivity index (χ1) is 7.76. The molecule has 0 radical (unpaired) electrons. The number of guanidine groups is 1. The van der Waals surface area contributed by atoms with E-state index in [1.54, 1.807) is 7.05 Å². The van der Waals surface area contributed by atoms with Crippen LogP contribution in [0.1, 0.15) is 25.3 Å². The van der Waals surface area contributed by atoms with Gasteiger partial charge in [0.15, 0.2) is 5.96 Å². The van der Waals surface area contributed by atoms with Crippen LogP contribution in [-0.4, -0.2) is 24.1 Å². The lowest BCUT2D eigenvalue weighted by Crippen LogP contribution is -2.37. The molecule has 0 bridgehead atoms. The molecule has 1 rings (SSSR count). The van der Waals surface area contributed by atoms with E-state index in [9.17, 15) is 0 Å². The van der Waals surface area contributed by atoms with E-state index in [0.717, 1.165) is 19.0 Å². The van der Waals surface area contributed by atoms with Crippen LogP contribution in [0.25, 0.3) is 0 Å². The molecule has 0 aliphatic carbocycles. The molecule has 0 fully saturated rings. The Balaban J connectivity index is 2.29. The highest BCUT2D eigenvalue weighted by Gasteiger charge is 1.98. The summed E-state index contributed by atoms with van der Waals surface area (Å²) >= 11 is 0. The fourth-order valence-electron chi connectivity index (χ4n) is 1.46. The third-order valence-electron chi connectivity index (χ3n) is 2.40. The van der Waals surface area contributed by atoms with Crippen LogP contribution in [-0.2, 0) is 13.6 Å². The van der Waals surface area contributed by atoms with Crippen molar-refractivity contribution >= 4 is 5.96 Å². The molecule has 0 aliphatic rings. The van der Waals surface area contributed by atoms with Crippen LogP contribution >= 0.6 is 0 Å². The number of rotatable bonds is 5. The van der Waals surface area contributed by atoms with Crippen molar-refractivity contribution in [3.05, 3.63) is 24.0 Å². The Kier molecular flexibility index (Phi) is 5.46. The lowest BCUT2D eigenvalue weighted by atomic mass is 10.3. The molecule has 4 heteroatoms. The van der Waals surface area contributed by atoms with Crippen molar-refractivity contribution in [1.29, 1.82) is 0 Å². The minimum absolute atomic E-state index is 0.812. The number of nitrogens with zero attached hydrogens (tertiary/aromatic N) is 2. The lowest BCUT2D eigenvalue weighted by Gasteiger charge is -2.10. The lowest BCUT2D eigenvalue weighted by molar-refractivity contribution is 0.728. The molecule has 4 nitrogen and oxygen atoms in total. The third kappa shape index (κ3) is 4.38. The Morgan fingerprint density at radius 3 is 2.81 bits per heavy atom. The molecule has 1 heterocycles. The summed E-state index contributed by atoms with van der Waals surface area (Å²) in [7, 11) is 3.82. The highest BCUT2D eigenvalue weighted by Crippen LogP contribution is 1.98. The van der Waals surface area contributed by atoms with E-state index in [1.807, 2.05) is 17.8 Å². The molecule has 2 N–H and O–H groups in total. The predicted octanol–water partition coefficient (Wildman–Crippen LogP) is 1.49. The van der Waals surface area contributed by atoms with Crippen molar-refractivity contribution in [1.82, 2.24) is 15.2 Å². The minimum Gasteiger partial charge on any atom is -0.357 e. The Morgan fingerprint density at radius 2 is 2.25 bits per heavy atom. The van der Waals surface area contributed by atoms with Gasteiger partial charge in [-0.25, -0.2) is 0 Å². The number of nitrogens with one attached hydrogen (secondary N) is 2. The van der Waals surface area contributed by atoms with Gasteiger partial charge in [0.2, 0.25) is 0 Å². The van der Waals surface area contributed by atoms with Crippen molar-refractivity contribution < 1.29 is 0 Å². The molecule has 0 aliphatic heterocycles.